The van der Waals surface area contributed by atoms with Gasteiger partial charge in [-0.2, -0.15) is 0 Å². The van der Waals surface area contributed by atoms with Gasteiger partial charge >= 0.3 is 0 Å². The van der Waals surface area contributed by atoms with E-state index in [-0.39, 0.29) is 0 Å². The number of furan rings is 1. The number of anilines is 1. The first-order valence-electron chi connectivity index (χ1n) is 9.97. The van der Waals surface area contributed by atoms with Gasteiger partial charge in [0, 0.05) is 11.4 Å². The lowest BCUT2D eigenvalue weighted by molar-refractivity contribution is 0.414. The fraction of sp³-hybridized carbons (Fsp3) is 0.304. The van der Waals surface area contributed by atoms with Crippen LogP contribution >= 0.6 is 11.3 Å². The van der Waals surface area contributed by atoms with Crippen LogP contribution in [-0.4, -0.2) is 17.1 Å². The number of thiophene rings is 1. The number of aryl methyl sites for hydroxylation is 2. The first-order valence-corrected chi connectivity index (χ1v) is 10.8. The van der Waals surface area contributed by atoms with Gasteiger partial charge < -0.3 is 14.1 Å². The topological polar surface area (TPSA) is 51.4 Å². The Morgan fingerprint density at radius 3 is 2.72 bits per heavy atom. The molecular weight excluding hydrogens is 382 g/mol. The number of rotatable bonds is 6. The second-order valence-corrected chi connectivity index (χ2v) is 8.46. The van der Waals surface area contributed by atoms with Crippen LogP contribution in [0.2, 0.25) is 0 Å². The van der Waals surface area contributed by atoms with Crippen LogP contribution in [0.25, 0.3) is 10.2 Å². The van der Waals surface area contributed by atoms with Crippen LogP contribution in [0.5, 0.6) is 5.75 Å². The van der Waals surface area contributed by atoms with Gasteiger partial charge in [0.05, 0.1) is 25.3 Å². The van der Waals surface area contributed by atoms with Crippen LogP contribution < -0.4 is 9.64 Å². The van der Waals surface area contributed by atoms with Gasteiger partial charge in [-0.25, -0.2) is 9.97 Å². The lowest BCUT2D eigenvalue weighted by atomic mass is 9.97. The Morgan fingerprint density at radius 2 is 1.93 bits per heavy atom. The van der Waals surface area contributed by atoms with Crippen LogP contribution in [0.4, 0.5) is 5.82 Å². The van der Waals surface area contributed by atoms with Crippen molar-refractivity contribution in [3.8, 4) is 5.75 Å². The molecule has 1 aliphatic carbocycles. The van der Waals surface area contributed by atoms with Crippen molar-refractivity contribution in [2.45, 2.75) is 38.8 Å². The number of benzene rings is 1. The molecule has 0 unspecified atom stereocenters. The van der Waals surface area contributed by atoms with Crippen LogP contribution in [0.1, 0.15) is 34.6 Å². The summed E-state index contributed by atoms with van der Waals surface area (Å²) in [6.07, 6.45) is 8.21. The SMILES string of the molecule is COc1ccc(CN(Cc2ccco2)c2ncnc3sc4c(c23)CCCC4)cc1. The predicted molar refractivity (Wildman–Crippen MR) is 116 cm³/mol. The minimum Gasteiger partial charge on any atom is -0.497 e. The van der Waals surface area contributed by atoms with Gasteiger partial charge in [-0.3, -0.25) is 0 Å². The second-order valence-electron chi connectivity index (χ2n) is 7.37. The van der Waals surface area contributed by atoms with Gasteiger partial charge in [0.15, 0.2) is 0 Å². The molecule has 29 heavy (non-hydrogen) atoms. The third-order valence-corrected chi connectivity index (χ3v) is 6.69. The summed E-state index contributed by atoms with van der Waals surface area (Å²) in [6.45, 7) is 1.40. The van der Waals surface area contributed by atoms with E-state index in [0.29, 0.717) is 6.54 Å². The summed E-state index contributed by atoms with van der Waals surface area (Å²) in [4.78, 5) is 14.2. The van der Waals surface area contributed by atoms with Crippen molar-refractivity contribution in [3.63, 3.8) is 0 Å². The molecule has 0 amide bonds. The van der Waals surface area contributed by atoms with Crippen molar-refractivity contribution in [1.82, 2.24) is 9.97 Å². The van der Waals surface area contributed by atoms with E-state index in [2.05, 4.69) is 22.0 Å². The van der Waals surface area contributed by atoms with Gasteiger partial charge in [0.1, 0.15) is 28.5 Å². The average molecular weight is 406 g/mol. The molecule has 3 aromatic heterocycles. The Balaban J connectivity index is 1.57. The monoisotopic (exact) mass is 405 g/mol. The van der Waals surface area contributed by atoms with Gasteiger partial charge in [-0.15, -0.1) is 11.3 Å². The van der Waals surface area contributed by atoms with E-state index >= 15 is 0 Å². The first kappa shape index (κ1) is 18.2. The van der Waals surface area contributed by atoms with Crippen LogP contribution in [0.3, 0.4) is 0 Å². The number of methoxy groups -OCH3 is 1. The van der Waals surface area contributed by atoms with E-state index in [9.17, 15) is 0 Å². The maximum Gasteiger partial charge on any atom is 0.141 e. The molecule has 0 aliphatic heterocycles. The summed E-state index contributed by atoms with van der Waals surface area (Å²) in [5.74, 6) is 2.79. The predicted octanol–water partition coefficient (Wildman–Crippen LogP) is 5.38. The minimum atomic E-state index is 0.662. The molecular formula is C23H23N3O2S. The van der Waals surface area contributed by atoms with Crippen molar-refractivity contribution in [3.05, 3.63) is 70.8 Å². The van der Waals surface area contributed by atoms with Crippen molar-refractivity contribution < 1.29 is 9.15 Å². The van der Waals surface area contributed by atoms with E-state index in [4.69, 9.17) is 14.1 Å². The highest BCUT2D eigenvalue weighted by molar-refractivity contribution is 7.19. The Hall–Kier alpha value is -2.86. The standard InChI is InChI=1S/C23H23N3O2S/c1-27-17-10-8-16(9-11-17)13-26(14-18-5-4-12-28-18)22-21-19-6-2-3-7-20(19)29-23(21)25-15-24-22/h4-5,8-12,15H,2-3,6-7,13-14H2,1H3. The highest BCUT2D eigenvalue weighted by atomic mass is 32.1. The second kappa shape index (κ2) is 7.87. The summed E-state index contributed by atoms with van der Waals surface area (Å²) in [5.41, 5.74) is 2.65. The molecule has 4 aromatic rings. The van der Waals surface area contributed by atoms with E-state index < -0.39 is 0 Å². The Bertz CT molecular complexity index is 1100. The van der Waals surface area contributed by atoms with Gasteiger partial charge in [-0.1, -0.05) is 12.1 Å². The molecule has 1 aliphatic rings. The Morgan fingerprint density at radius 1 is 1.07 bits per heavy atom. The van der Waals surface area contributed by atoms with E-state index in [1.807, 2.05) is 35.6 Å². The Labute approximate surface area is 174 Å². The largest absolute Gasteiger partial charge is 0.497 e. The molecule has 0 bridgehead atoms. The molecule has 1 aromatic carbocycles. The quantitative estimate of drug-likeness (QED) is 0.431. The molecule has 6 heteroatoms. The molecule has 5 nitrogen and oxygen atoms in total. The molecule has 0 spiro atoms. The lowest BCUT2D eigenvalue weighted by Gasteiger charge is -2.24. The molecule has 0 radical (unpaired) electrons. The maximum absolute atomic E-state index is 5.66. The summed E-state index contributed by atoms with van der Waals surface area (Å²) in [6, 6.07) is 12.2. The normalized spacial score (nSPS) is 13.4. The van der Waals surface area contributed by atoms with Gasteiger partial charge in [0.2, 0.25) is 0 Å². The third-order valence-electron chi connectivity index (χ3n) is 5.49. The minimum absolute atomic E-state index is 0.662. The molecule has 0 saturated carbocycles. The number of hydrogen-bond donors (Lipinski definition) is 0. The van der Waals surface area contributed by atoms with Crippen molar-refractivity contribution in [2.75, 3.05) is 12.0 Å². The van der Waals surface area contributed by atoms with Crippen molar-refractivity contribution in [1.29, 1.82) is 0 Å². The number of fused-ring (bicyclic) bond motifs is 3. The van der Waals surface area contributed by atoms with E-state index in [1.165, 1.54) is 34.2 Å². The maximum atomic E-state index is 5.66. The molecule has 5 rings (SSSR count). The molecule has 0 atom stereocenters. The van der Waals surface area contributed by atoms with Crippen LogP contribution in [0.15, 0.2) is 53.4 Å². The molecule has 0 N–H and O–H groups in total. The smallest absolute Gasteiger partial charge is 0.141 e. The molecule has 0 fully saturated rings. The van der Waals surface area contributed by atoms with Crippen molar-refractivity contribution >= 4 is 27.4 Å². The highest BCUT2D eigenvalue weighted by Gasteiger charge is 2.23. The summed E-state index contributed by atoms with van der Waals surface area (Å²) < 4.78 is 11.0. The number of aromatic nitrogens is 2. The zero-order chi connectivity index (χ0) is 19.6. The molecule has 148 valence electrons. The van der Waals surface area contributed by atoms with Crippen LogP contribution in [0, 0.1) is 0 Å². The van der Waals surface area contributed by atoms with E-state index in [0.717, 1.165) is 41.5 Å². The summed E-state index contributed by atoms with van der Waals surface area (Å²) >= 11 is 1.83. The summed E-state index contributed by atoms with van der Waals surface area (Å²) in [7, 11) is 1.69. The first-order chi connectivity index (χ1) is 14.3. The number of hydrogen-bond acceptors (Lipinski definition) is 6. The number of nitrogens with zero attached hydrogens (tertiary/aromatic N) is 3. The fourth-order valence-electron chi connectivity index (χ4n) is 4.06. The van der Waals surface area contributed by atoms with Crippen LogP contribution in [-0.2, 0) is 25.9 Å². The van der Waals surface area contributed by atoms with E-state index in [1.54, 1.807) is 19.7 Å². The Kier molecular flexibility index (Phi) is 4.94. The van der Waals surface area contributed by atoms with Crippen molar-refractivity contribution in [2.24, 2.45) is 0 Å². The molecule has 0 saturated heterocycles. The zero-order valence-electron chi connectivity index (χ0n) is 16.4. The fourth-order valence-corrected chi connectivity index (χ4v) is 5.28. The van der Waals surface area contributed by atoms with Gasteiger partial charge in [0.25, 0.3) is 0 Å². The highest BCUT2D eigenvalue weighted by Crippen LogP contribution is 2.40. The zero-order valence-corrected chi connectivity index (χ0v) is 17.2. The lowest BCUT2D eigenvalue weighted by Crippen LogP contribution is -2.23. The third kappa shape index (κ3) is 3.60. The number of ether oxygens (including phenoxy) is 1. The van der Waals surface area contributed by atoms with Gasteiger partial charge in [-0.05, 0) is 61.1 Å². The average Bonchev–Trinajstić information content (AvgIpc) is 3.41. The summed E-state index contributed by atoms with van der Waals surface area (Å²) in [5, 5.41) is 1.23. The molecule has 3 heterocycles.